The van der Waals surface area contributed by atoms with Crippen molar-refractivity contribution in [1.29, 1.82) is 0 Å². The van der Waals surface area contributed by atoms with Gasteiger partial charge in [-0.2, -0.15) is 0 Å². The van der Waals surface area contributed by atoms with E-state index in [1.165, 1.54) is 23.8 Å². The molecular formula is C32H39Cl3F2N6O4. The maximum Gasteiger partial charge on any atom is 0.251 e. The van der Waals surface area contributed by atoms with Crippen molar-refractivity contribution in [3.8, 4) is 5.88 Å². The second kappa shape index (κ2) is 17.1. The van der Waals surface area contributed by atoms with Crippen LogP contribution < -0.4 is 10.2 Å². The maximum atomic E-state index is 15.0. The molecule has 2 fully saturated rings. The number of anilines is 2. The van der Waals surface area contributed by atoms with Gasteiger partial charge in [0.2, 0.25) is 11.9 Å². The first kappa shape index (κ1) is 38.0. The first-order chi connectivity index (χ1) is 21.3. The maximum absolute atomic E-state index is 15.0. The third kappa shape index (κ3) is 9.14. The Hall–Kier alpha value is -3.42. The number of aromatic nitrogens is 3. The predicted octanol–water partition coefficient (Wildman–Crippen LogP) is 5.60. The molecule has 2 aliphatic heterocycles. The number of hydrogen-bond acceptors (Lipinski definition) is 8. The highest BCUT2D eigenvalue weighted by molar-refractivity contribution is 5.92. The average molecular weight is 716 g/mol. The number of ether oxygens (including phenoxy) is 1. The van der Waals surface area contributed by atoms with Gasteiger partial charge in [-0.3, -0.25) is 10.1 Å². The number of aromatic hydroxyl groups is 1. The molecule has 0 saturated carbocycles. The molecule has 2 atom stereocenters. The third-order valence-corrected chi connectivity index (χ3v) is 8.42. The summed E-state index contributed by atoms with van der Waals surface area (Å²) in [4.78, 5) is 22.7. The number of nitrogens with one attached hydrogen (secondary N) is 1. The third-order valence-electron chi connectivity index (χ3n) is 8.42. The van der Waals surface area contributed by atoms with E-state index in [0.29, 0.717) is 69.5 Å². The van der Waals surface area contributed by atoms with E-state index in [2.05, 4.69) is 50.4 Å². The first-order valence-corrected chi connectivity index (χ1v) is 14.9. The molecule has 6 rings (SSSR count). The lowest BCUT2D eigenvalue weighted by Gasteiger charge is -2.31. The second-order valence-electron chi connectivity index (χ2n) is 11.5. The lowest BCUT2D eigenvalue weighted by Crippen LogP contribution is -2.37. The van der Waals surface area contributed by atoms with Gasteiger partial charge in [0.25, 0.3) is 5.88 Å². The molecule has 2 aromatic heterocycles. The molecule has 0 aliphatic carbocycles. The van der Waals surface area contributed by atoms with Crippen LogP contribution >= 0.6 is 37.2 Å². The number of morpholine rings is 1. The van der Waals surface area contributed by atoms with Crippen molar-refractivity contribution in [2.75, 3.05) is 56.2 Å². The van der Waals surface area contributed by atoms with Crippen LogP contribution in [-0.2, 0) is 22.5 Å². The number of hydrogen-bond donors (Lipinski definition) is 2. The van der Waals surface area contributed by atoms with Crippen LogP contribution in [0.4, 0.5) is 20.4 Å². The standard InChI is InChI=1S/C32H36F2N6O4.3ClH/c1-21-4-5-22(29(15-21)39-11-13-43-14-12-39)18-40-10-8-35-32(40)36-31(42)27-20-38(9-2-3-24-17-30(41)37-44-24)19-26(27)25-7-6-23(33)16-28(25)34;;;/h4-8,10,15-17,26-27H,2-3,9,11-14,18-20H2,1H3,(H,37,41)(H,35,36,42);3*1H/t26-,27+;;;/m0.../s1. The van der Waals surface area contributed by atoms with Gasteiger partial charge < -0.3 is 28.7 Å². The van der Waals surface area contributed by atoms with E-state index < -0.39 is 23.5 Å². The molecule has 4 heterocycles. The molecule has 1 amide bonds. The van der Waals surface area contributed by atoms with Crippen LogP contribution in [0.25, 0.3) is 0 Å². The van der Waals surface area contributed by atoms with Crippen LogP contribution in [0.2, 0.25) is 0 Å². The van der Waals surface area contributed by atoms with E-state index in [0.717, 1.165) is 30.4 Å². The van der Waals surface area contributed by atoms with E-state index in [1.54, 1.807) is 6.20 Å². The van der Waals surface area contributed by atoms with Crippen LogP contribution in [-0.4, -0.2) is 76.6 Å². The van der Waals surface area contributed by atoms with Gasteiger partial charge in [0.1, 0.15) is 17.4 Å². The lowest BCUT2D eigenvalue weighted by atomic mass is 9.88. The second-order valence-corrected chi connectivity index (χ2v) is 11.5. The Balaban J connectivity index is 0.00000200. The molecule has 15 heteroatoms. The van der Waals surface area contributed by atoms with Gasteiger partial charge in [-0.15, -0.1) is 37.2 Å². The molecule has 4 aromatic rings. The molecule has 0 bridgehead atoms. The van der Waals surface area contributed by atoms with Gasteiger partial charge >= 0.3 is 0 Å². The quantitative estimate of drug-likeness (QED) is 0.219. The topological polar surface area (TPSA) is 109 Å². The summed E-state index contributed by atoms with van der Waals surface area (Å²) < 4.78 is 41.3. The van der Waals surface area contributed by atoms with Crippen molar-refractivity contribution in [2.24, 2.45) is 5.92 Å². The summed E-state index contributed by atoms with van der Waals surface area (Å²) in [6, 6.07) is 11.4. The minimum atomic E-state index is -0.664. The SMILES string of the molecule is Cc1ccc(Cn2ccnc2NC(=O)[C@@H]2CN(CCCc3cc(O)no3)C[C@H]2c2ccc(F)cc2F)c(N2CCOCC2)c1.Cl.Cl.Cl. The summed E-state index contributed by atoms with van der Waals surface area (Å²) in [6.45, 7) is 7.01. The molecule has 0 radical (unpaired) electrons. The number of imidazole rings is 1. The van der Waals surface area contributed by atoms with E-state index in [-0.39, 0.29) is 49.0 Å². The zero-order valence-electron chi connectivity index (χ0n) is 25.8. The highest BCUT2D eigenvalue weighted by Gasteiger charge is 2.40. The number of rotatable bonds is 10. The molecule has 2 aliphatic rings. The molecule has 10 nitrogen and oxygen atoms in total. The molecule has 0 spiro atoms. The number of likely N-dealkylation sites (tertiary alicyclic amines) is 1. The number of aryl methyl sites for hydroxylation is 2. The smallest absolute Gasteiger partial charge is 0.251 e. The fourth-order valence-corrected chi connectivity index (χ4v) is 6.20. The highest BCUT2D eigenvalue weighted by atomic mass is 35.5. The Labute approximate surface area is 290 Å². The Kier molecular flexibility index (Phi) is 13.9. The van der Waals surface area contributed by atoms with Crippen LogP contribution in [0.1, 0.15) is 34.8 Å². The van der Waals surface area contributed by atoms with E-state index in [9.17, 15) is 18.7 Å². The van der Waals surface area contributed by atoms with Gasteiger partial charge in [0.05, 0.1) is 25.7 Å². The molecule has 2 aromatic carbocycles. The number of carbonyl (C=O) groups excluding carboxylic acids is 1. The van der Waals surface area contributed by atoms with Crippen LogP contribution in [0.15, 0.2) is 59.4 Å². The minimum absolute atomic E-state index is 0. The van der Waals surface area contributed by atoms with Gasteiger partial charge in [-0.25, -0.2) is 13.8 Å². The molecule has 2 N–H and O–H groups in total. The number of benzene rings is 2. The number of amides is 1. The number of nitrogens with zero attached hydrogens (tertiary/aromatic N) is 5. The Morgan fingerprint density at radius 2 is 1.85 bits per heavy atom. The Morgan fingerprint density at radius 3 is 2.57 bits per heavy atom. The molecule has 256 valence electrons. The monoisotopic (exact) mass is 714 g/mol. The summed E-state index contributed by atoms with van der Waals surface area (Å²) in [7, 11) is 0. The van der Waals surface area contributed by atoms with E-state index in [1.807, 2.05) is 10.8 Å². The number of halogens is 5. The molecular weight excluding hydrogens is 677 g/mol. The van der Waals surface area contributed by atoms with Crippen molar-refractivity contribution in [3.63, 3.8) is 0 Å². The van der Waals surface area contributed by atoms with Crippen molar-refractivity contribution < 1.29 is 27.9 Å². The van der Waals surface area contributed by atoms with Gasteiger partial charge in [0, 0.05) is 68.7 Å². The zero-order chi connectivity index (χ0) is 30.6. The van der Waals surface area contributed by atoms with E-state index >= 15 is 0 Å². The minimum Gasteiger partial charge on any atom is -0.491 e. The largest absolute Gasteiger partial charge is 0.491 e. The fourth-order valence-electron chi connectivity index (χ4n) is 6.20. The van der Waals surface area contributed by atoms with Crippen LogP contribution in [0, 0.1) is 24.5 Å². The van der Waals surface area contributed by atoms with Crippen molar-refractivity contribution in [2.45, 2.75) is 32.2 Å². The first-order valence-electron chi connectivity index (χ1n) is 14.9. The summed E-state index contributed by atoms with van der Waals surface area (Å²) in [6.07, 6.45) is 4.73. The Bertz CT molecular complexity index is 1620. The van der Waals surface area contributed by atoms with E-state index in [4.69, 9.17) is 9.26 Å². The average Bonchev–Trinajstić information content (AvgIpc) is 3.75. The summed E-state index contributed by atoms with van der Waals surface area (Å²) >= 11 is 0. The van der Waals surface area contributed by atoms with Gasteiger partial charge in [-0.05, 0) is 53.9 Å². The summed E-state index contributed by atoms with van der Waals surface area (Å²) in [5, 5.41) is 15.9. The molecule has 0 unspecified atom stereocenters. The zero-order valence-corrected chi connectivity index (χ0v) is 28.3. The Morgan fingerprint density at radius 1 is 1.06 bits per heavy atom. The lowest BCUT2D eigenvalue weighted by molar-refractivity contribution is -0.120. The summed E-state index contributed by atoms with van der Waals surface area (Å²) in [5.41, 5.74) is 3.72. The molecule has 47 heavy (non-hydrogen) atoms. The highest BCUT2D eigenvalue weighted by Crippen LogP contribution is 2.35. The fraction of sp³-hybridized carbons (Fsp3) is 0.406. The van der Waals surface area contributed by atoms with Crippen LogP contribution in [0.5, 0.6) is 5.88 Å². The van der Waals surface area contributed by atoms with Crippen molar-refractivity contribution in [3.05, 3.63) is 88.9 Å². The van der Waals surface area contributed by atoms with Gasteiger partial charge in [-0.1, -0.05) is 18.2 Å². The summed E-state index contributed by atoms with van der Waals surface area (Å²) in [5.74, 6) is -1.85. The van der Waals surface area contributed by atoms with Crippen molar-refractivity contribution >= 4 is 54.8 Å². The predicted molar refractivity (Wildman–Crippen MR) is 181 cm³/mol. The molecule has 2 saturated heterocycles. The van der Waals surface area contributed by atoms with Crippen LogP contribution in [0.3, 0.4) is 0 Å². The normalized spacial score (nSPS) is 17.8. The number of carbonyl (C=O) groups is 1. The van der Waals surface area contributed by atoms with Gasteiger partial charge in [0.15, 0.2) is 0 Å². The van der Waals surface area contributed by atoms with Crippen molar-refractivity contribution in [1.82, 2.24) is 19.6 Å².